The Labute approximate surface area is 108 Å². The van der Waals surface area contributed by atoms with Gasteiger partial charge in [-0.15, -0.1) is 11.3 Å². The topological polar surface area (TPSA) is 24.9 Å². The molecule has 1 aliphatic heterocycles. The Hall–Kier alpha value is -0.410. The predicted molar refractivity (Wildman–Crippen MR) is 72.4 cm³/mol. The molecule has 0 radical (unpaired) electrons. The van der Waals surface area contributed by atoms with Gasteiger partial charge in [0.05, 0.1) is 10.7 Å². The van der Waals surface area contributed by atoms with Crippen LogP contribution in [0.4, 0.5) is 0 Å². The molecule has 1 aliphatic carbocycles. The molecule has 3 rings (SSSR count). The maximum Gasteiger partial charge on any atom is 0.0931 e. The predicted octanol–water partition coefficient (Wildman–Crippen LogP) is 3.30. The fourth-order valence-electron chi connectivity index (χ4n) is 3.09. The van der Waals surface area contributed by atoms with Crippen LogP contribution in [0.3, 0.4) is 0 Å². The summed E-state index contributed by atoms with van der Waals surface area (Å²) in [5.74, 6) is 0.989. The fraction of sp³-hybridized carbons (Fsp3) is 0.786. The third-order valence-electron chi connectivity index (χ3n) is 4.14. The molecule has 0 saturated heterocycles. The van der Waals surface area contributed by atoms with Crippen LogP contribution in [0.1, 0.15) is 54.1 Å². The zero-order chi connectivity index (χ0) is 11.5. The molecule has 94 valence electrons. The maximum atomic E-state index is 4.81. The summed E-state index contributed by atoms with van der Waals surface area (Å²) >= 11 is 1.95. The van der Waals surface area contributed by atoms with Gasteiger partial charge in [0.1, 0.15) is 0 Å². The molecule has 0 amide bonds. The minimum atomic E-state index is 0.989. The van der Waals surface area contributed by atoms with Crippen molar-refractivity contribution in [3.8, 4) is 0 Å². The van der Waals surface area contributed by atoms with Crippen molar-refractivity contribution in [1.82, 2.24) is 10.3 Å². The number of thiazole rings is 1. The average Bonchev–Trinajstić information content (AvgIpc) is 2.80. The number of nitrogens with one attached hydrogen (secondary N) is 1. The van der Waals surface area contributed by atoms with Gasteiger partial charge in [0, 0.05) is 24.4 Å². The van der Waals surface area contributed by atoms with Crippen molar-refractivity contribution < 1.29 is 0 Å². The highest BCUT2D eigenvalue weighted by Crippen LogP contribution is 2.29. The van der Waals surface area contributed by atoms with Crippen molar-refractivity contribution >= 4 is 11.3 Å². The van der Waals surface area contributed by atoms with E-state index in [1.165, 1.54) is 60.5 Å². The number of aryl methyl sites for hydroxylation is 1. The number of hydrogen-bond donors (Lipinski definition) is 1. The molecule has 17 heavy (non-hydrogen) atoms. The van der Waals surface area contributed by atoms with E-state index in [4.69, 9.17) is 4.98 Å². The van der Waals surface area contributed by atoms with E-state index < -0.39 is 0 Å². The molecule has 0 aromatic carbocycles. The van der Waals surface area contributed by atoms with Gasteiger partial charge in [-0.25, -0.2) is 4.98 Å². The molecule has 1 aromatic rings. The Bertz CT molecular complexity index is 343. The van der Waals surface area contributed by atoms with Crippen LogP contribution in [0.15, 0.2) is 0 Å². The van der Waals surface area contributed by atoms with Crippen molar-refractivity contribution in [1.29, 1.82) is 0 Å². The third kappa shape index (κ3) is 2.89. The molecule has 2 heterocycles. The first kappa shape index (κ1) is 11.7. The second-order valence-corrected chi connectivity index (χ2v) is 6.62. The van der Waals surface area contributed by atoms with E-state index in [1.807, 2.05) is 11.3 Å². The van der Waals surface area contributed by atoms with Crippen LogP contribution in [0, 0.1) is 5.92 Å². The van der Waals surface area contributed by atoms with Crippen molar-refractivity contribution in [2.75, 3.05) is 6.54 Å². The van der Waals surface area contributed by atoms with Crippen molar-refractivity contribution in [3.05, 3.63) is 15.6 Å². The smallest absolute Gasteiger partial charge is 0.0931 e. The van der Waals surface area contributed by atoms with Crippen LogP contribution >= 0.6 is 11.3 Å². The monoisotopic (exact) mass is 250 g/mol. The van der Waals surface area contributed by atoms with Crippen LogP contribution in [-0.2, 0) is 19.4 Å². The molecule has 0 bridgehead atoms. The molecule has 1 N–H and O–H groups in total. The minimum Gasteiger partial charge on any atom is -0.311 e. The molecular formula is C14H22N2S. The summed E-state index contributed by atoms with van der Waals surface area (Å²) in [5.41, 5.74) is 1.38. The van der Waals surface area contributed by atoms with Gasteiger partial charge in [-0.05, 0) is 18.8 Å². The quantitative estimate of drug-likeness (QED) is 0.890. The first-order valence-corrected chi connectivity index (χ1v) is 7.91. The Kier molecular flexibility index (Phi) is 3.77. The van der Waals surface area contributed by atoms with E-state index >= 15 is 0 Å². The molecule has 1 aromatic heterocycles. The van der Waals surface area contributed by atoms with E-state index in [2.05, 4.69) is 5.32 Å². The van der Waals surface area contributed by atoms with Gasteiger partial charge in [0.25, 0.3) is 0 Å². The average molecular weight is 250 g/mol. The van der Waals surface area contributed by atoms with E-state index in [-0.39, 0.29) is 0 Å². The number of aromatic nitrogens is 1. The summed E-state index contributed by atoms with van der Waals surface area (Å²) in [5, 5.41) is 4.82. The van der Waals surface area contributed by atoms with Crippen molar-refractivity contribution in [2.24, 2.45) is 5.92 Å². The summed E-state index contributed by atoms with van der Waals surface area (Å²) in [7, 11) is 0. The Morgan fingerprint density at radius 3 is 2.94 bits per heavy atom. The van der Waals surface area contributed by atoms with E-state index in [9.17, 15) is 0 Å². The number of hydrogen-bond acceptors (Lipinski definition) is 3. The van der Waals surface area contributed by atoms with E-state index in [0.717, 1.165) is 25.4 Å². The van der Waals surface area contributed by atoms with Crippen LogP contribution in [0.2, 0.25) is 0 Å². The van der Waals surface area contributed by atoms with Crippen LogP contribution < -0.4 is 5.32 Å². The number of rotatable bonds is 3. The first-order valence-electron chi connectivity index (χ1n) is 7.10. The largest absolute Gasteiger partial charge is 0.311 e. The van der Waals surface area contributed by atoms with Gasteiger partial charge >= 0.3 is 0 Å². The molecule has 2 nitrogen and oxygen atoms in total. The summed E-state index contributed by atoms with van der Waals surface area (Å²) < 4.78 is 0. The molecule has 2 aliphatic rings. The van der Waals surface area contributed by atoms with Crippen LogP contribution in [0.5, 0.6) is 0 Å². The number of nitrogens with zero attached hydrogens (tertiary/aromatic N) is 1. The highest BCUT2D eigenvalue weighted by molar-refractivity contribution is 7.11. The lowest BCUT2D eigenvalue weighted by Gasteiger charge is -2.20. The highest BCUT2D eigenvalue weighted by Gasteiger charge is 2.17. The fourth-order valence-corrected chi connectivity index (χ4v) is 4.19. The third-order valence-corrected chi connectivity index (χ3v) is 5.30. The van der Waals surface area contributed by atoms with E-state index in [1.54, 1.807) is 0 Å². The Morgan fingerprint density at radius 2 is 2.12 bits per heavy atom. The normalized spacial score (nSPS) is 21.4. The minimum absolute atomic E-state index is 0.989. The van der Waals surface area contributed by atoms with Crippen LogP contribution in [0.25, 0.3) is 0 Å². The molecule has 0 unspecified atom stereocenters. The Morgan fingerprint density at radius 1 is 1.24 bits per heavy atom. The summed E-state index contributed by atoms with van der Waals surface area (Å²) in [6.45, 7) is 2.16. The summed E-state index contributed by atoms with van der Waals surface area (Å²) in [4.78, 5) is 6.31. The van der Waals surface area contributed by atoms with Gasteiger partial charge in [-0.2, -0.15) is 0 Å². The SMILES string of the molecule is C1CCC(CCc2nc3c(s2)CNCC3)CC1. The molecule has 0 spiro atoms. The van der Waals surface area contributed by atoms with E-state index in [0.29, 0.717) is 0 Å². The van der Waals surface area contributed by atoms with Crippen molar-refractivity contribution in [2.45, 2.75) is 57.9 Å². The zero-order valence-corrected chi connectivity index (χ0v) is 11.3. The highest BCUT2D eigenvalue weighted by atomic mass is 32.1. The van der Waals surface area contributed by atoms with Crippen LogP contribution in [-0.4, -0.2) is 11.5 Å². The second kappa shape index (κ2) is 5.49. The molecule has 1 saturated carbocycles. The molecule has 0 atom stereocenters. The lowest BCUT2D eigenvalue weighted by Crippen LogP contribution is -2.22. The standard InChI is InChI=1S/C14H22N2S/c1-2-4-11(5-3-1)6-7-14-16-12-8-9-15-10-13(12)17-14/h11,15H,1-10H2. The summed E-state index contributed by atoms with van der Waals surface area (Å²) in [6.07, 6.45) is 11.1. The first-order chi connectivity index (χ1) is 8.42. The van der Waals surface area contributed by atoms with Gasteiger partial charge < -0.3 is 5.32 Å². The van der Waals surface area contributed by atoms with Crippen molar-refractivity contribution in [3.63, 3.8) is 0 Å². The molecular weight excluding hydrogens is 228 g/mol. The van der Waals surface area contributed by atoms with Gasteiger partial charge in [-0.1, -0.05) is 32.1 Å². The maximum absolute atomic E-state index is 4.81. The molecule has 3 heteroatoms. The van der Waals surface area contributed by atoms with Gasteiger partial charge in [-0.3, -0.25) is 0 Å². The molecule has 1 fully saturated rings. The summed E-state index contributed by atoms with van der Waals surface area (Å²) in [6, 6.07) is 0. The Balaban J connectivity index is 1.55. The lowest BCUT2D eigenvalue weighted by atomic mass is 9.86. The lowest BCUT2D eigenvalue weighted by molar-refractivity contribution is 0.339. The van der Waals surface area contributed by atoms with Gasteiger partial charge in [0.15, 0.2) is 0 Å². The zero-order valence-electron chi connectivity index (χ0n) is 10.5. The second-order valence-electron chi connectivity index (χ2n) is 5.45. The number of fused-ring (bicyclic) bond motifs is 1. The van der Waals surface area contributed by atoms with Gasteiger partial charge in [0.2, 0.25) is 0 Å².